The van der Waals surface area contributed by atoms with Crippen molar-refractivity contribution in [2.75, 3.05) is 5.84 Å². The van der Waals surface area contributed by atoms with Crippen molar-refractivity contribution in [1.29, 1.82) is 0 Å². The lowest BCUT2D eigenvalue weighted by molar-refractivity contribution is 0.574. The summed E-state index contributed by atoms with van der Waals surface area (Å²) >= 11 is 2.69. The third-order valence-electron chi connectivity index (χ3n) is 2.62. The van der Waals surface area contributed by atoms with Crippen LogP contribution in [0, 0.1) is 5.92 Å². The highest BCUT2D eigenvalue weighted by Gasteiger charge is 2.16. The standard InChI is InChI=1S/C12H14N6OS2/c1-7(2)6-9-14-12(21-17-9)20-11-16-15-10(18(11)13)8-4-3-5-19-8/h3-5,7H,6,13H2,1-2H3. The molecule has 0 unspecified atom stereocenters. The van der Waals surface area contributed by atoms with Gasteiger partial charge in [0.15, 0.2) is 10.1 Å². The molecule has 3 rings (SSSR count). The van der Waals surface area contributed by atoms with E-state index in [1.54, 1.807) is 18.4 Å². The number of nitrogen functional groups attached to an aromatic ring is 1. The molecular weight excluding hydrogens is 308 g/mol. The number of hydrogen-bond donors (Lipinski definition) is 1. The van der Waals surface area contributed by atoms with Crippen molar-refractivity contribution in [3.8, 4) is 11.6 Å². The predicted octanol–water partition coefficient (Wildman–Crippen LogP) is 2.45. The van der Waals surface area contributed by atoms with Gasteiger partial charge in [0, 0.05) is 6.42 Å². The minimum Gasteiger partial charge on any atom is -0.461 e. The summed E-state index contributed by atoms with van der Waals surface area (Å²) in [6.07, 6.45) is 2.43. The molecule has 0 amide bonds. The number of hydrogen-bond acceptors (Lipinski definition) is 8. The van der Waals surface area contributed by atoms with Crippen LogP contribution in [0.1, 0.15) is 19.7 Å². The SMILES string of the molecule is CC(C)Cc1nsc(Sc2nnc(-c3ccco3)n2N)n1. The van der Waals surface area contributed by atoms with Crippen LogP contribution in [0.2, 0.25) is 0 Å². The quantitative estimate of drug-likeness (QED) is 0.721. The molecular formula is C12H14N6OS2. The summed E-state index contributed by atoms with van der Waals surface area (Å²) in [6.45, 7) is 4.28. The molecule has 0 spiro atoms. The van der Waals surface area contributed by atoms with Crippen LogP contribution in [0.4, 0.5) is 0 Å². The first-order valence-electron chi connectivity index (χ1n) is 6.38. The Bertz CT molecular complexity index is 718. The van der Waals surface area contributed by atoms with Gasteiger partial charge in [-0.25, -0.2) is 9.66 Å². The Morgan fingerprint density at radius 1 is 1.43 bits per heavy atom. The molecule has 9 heteroatoms. The molecule has 0 atom stereocenters. The average molecular weight is 322 g/mol. The van der Waals surface area contributed by atoms with Crippen molar-refractivity contribution in [1.82, 2.24) is 24.2 Å². The van der Waals surface area contributed by atoms with E-state index in [4.69, 9.17) is 10.3 Å². The molecule has 0 aromatic carbocycles. The Kier molecular flexibility index (Phi) is 3.93. The second-order valence-corrected chi connectivity index (χ2v) is 6.80. The van der Waals surface area contributed by atoms with Crippen LogP contribution in [0.3, 0.4) is 0 Å². The third kappa shape index (κ3) is 3.08. The van der Waals surface area contributed by atoms with Gasteiger partial charge in [-0.15, -0.1) is 10.2 Å². The van der Waals surface area contributed by atoms with Gasteiger partial charge < -0.3 is 10.3 Å². The average Bonchev–Trinajstić information content (AvgIpc) is 3.13. The fourth-order valence-corrected chi connectivity index (χ4v) is 3.23. The second-order valence-electron chi connectivity index (χ2n) is 4.83. The molecule has 0 saturated carbocycles. The normalized spacial score (nSPS) is 11.4. The van der Waals surface area contributed by atoms with E-state index in [9.17, 15) is 0 Å². The lowest BCUT2D eigenvalue weighted by atomic mass is 10.1. The zero-order valence-corrected chi connectivity index (χ0v) is 13.2. The molecule has 0 aliphatic heterocycles. The maximum absolute atomic E-state index is 6.00. The number of rotatable bonds is 5. The van der Waals surface area contributed by atoms with Crippen LogP contribution in [0.25, 0.3) is 11.6 Å². The van der Waals surface area contributed by atoms with E-state index >= 15 is 0 Å². The topological polar surface area (TPSA) is 95.7 Å². The summed E-state index contributed by atoms with van der Waals surface area (Å²) in [7, 11) is 0. The molecule has 0 radical (unpaired) electrons. The molecule has 3 aromatic heterocycles. The second kappa shape index (κ2) is 5.86. The molecule has 0 bridgehead atoms. The molecule has 3 heterocycles. The Balaban J connectivity index is 1.78. The molecule has 7 nitrogen and oxygen atoms in total. The van der Waals surface area contributed by atoms with Crippen molar-refractivity contribution in [2.24, 2.45) is 5.92 Å². The van der Waals surface area contributed by atoms with Crippen molar-refractivity contribution >= 4 is 23.3 Å². The molecule has 0 aliphatic rings. The number of nitrogens with zero attached hydrogens (tertiary/aromatic N) is 5. The molecule has 2 N–H and O–H groups in total. The van der Waals surface area contributed by atoms with E-state index in [1.807, 2.05) is 0 Å². The Morgan fingerprint density at radius 3 is 3.00 bits per heavy atom. The van der Waals surface area contributed by atoms with E-state index in [2.05, 4.69) is 33.4 Å². The van der Waals surface area contributed by atoms with Crippen molar-refractivity contribution < 1.29 is 4.42 Å². The molecule has 110 valence electrons. The largest absolute Gasteiger partial charge is 0.461 e. The molecule has 0 aliphatic carbocycles. The van der Waals surface area contributed by atoms with Gasteiger partial charge in [-0.3, -0.25) is 0 Å². The van der Waals surface area contributed by atoms with Crippen LogP contribution in [0.5, 0.6) is 0 Å². The Morgan fingerprint density at radius 2 is 2.29 bits per heavy atom. The van der Waals surface area contributed by atoms with E-state index < -0.39 is 0 Å². The minimum atomic E-state index is 0.481. The van der Waals surface area contributed by atoms with Gasteiger partial charge in [0.1, 0.15) is 5.82 Å². The fraction of sp³-hybridized carbons (Fsp3) is 0.333. The summed E-state index contributed by atoms with van der Waals surface area (Å²) in [4.78, 5) is 4.47. The molecule has 21 heavy (non-hydrogen) atoms. The van der Waals surface area contributed by atoms with E-state index in [1.165, 1.54) is 28.0 Å². The zero-order chi connectivity index (χ0) is 14.8. The summed E-state index contributed by atoms with van der Waals surface area (Å²) < 4.78 is 11.8. The lowest BCUT2D eigenvalue weighted by Gasteiger charge is -1.99. The van der Waals surface area contributed by atoms with E-state index in [0.29, 0.717) is 22.7 Å². The minimum absolute atomic E-state index is 0.481. The summed E-state index contributed by atoms with van der Waals surface area (Å²) in [5.74, 6) is 8.44. The van der Waals surface area contributed by atoms with Gasteiger partial charge in [-0.2, -0.15) is 4.37 Å². The first kappa shape index (κ1) is 14.1. The van der Waals surface area contributed by atoms with Crippen molar-refractivity contribution in [2.45, 2.75) is 29.8 Å². The van der Waals surface area contributed by atoms with Gasteiger partial charge in [0.25, 0.3) is 0 Å². The van der Waals surface area contributed by atoms with Gasteiger partial charge in [0.05, 0.1) is 6.26 Å². The van der Waals surface area contributed by atoms with Gasteiger partial charge in [0.2, 0.25) is 11.0 Å². The van der Waals surface area contributed by atoms with E-state index in [-0.39, 0.29) is 0 Å². The van der Waals surface area contributed by atoms with Crippen LogP contribution >= 0.6 is 23.3 Å². The smallest absolute Gasteiger partial charge is 0.218 e. The van der Waals surface area contributed by atoms with Crippen LogP contribution in [-0.4, -0.2) is 24.2 Å². The number of aromatic nitrogens is 5. The van der Waals surface area contributed by atoms with Crippen LogP contribution in [0.15, 0.2) is 32.3 Å². The van der Waals surface area contributed by atoms with E-state index in [0.717, 1.165) is 16.6 Å². The van der Waals surface area contributed by atoms with Crippen LogP contribution < -0.4 is 5.84 Å². The highest BCUT2D eigenvalue weighted by Crippen LogP contribution is 2.29. The highest BCUT2D eigenvalue weighted by molar-refractivity contribution is 8.00. The molecule has 0 fully saturated rings. The first-order valence-corrected chi connectivity index (χ1v) is 7.97. The third-order valence-corrected chi connectivity index (χ3v) is 4.37. The van der Waals surface area contributed by atoms with Gasteiger partial charge >= 0.3 is 0 Å². The summed E-state index contributed by atoms with van der Waals surface area (Å²) in [5.41, 5.74) is 0. The summed E-state index contributed by atoms with van der Waals surface area (Å²) in [5, 5.41) is 8.66. The fourth-order valence-electron chi connectivity index (χ4n) is 1.73. The van der Waals surface area contributed by atoms with Crippen molar-refractivity contribution in [3.63, 3.8) is 0 Å². The summed E-state index contributed by atoms with van der Waals surface area (Å²) in [6, 6.07) is 3.56. The monoisotopic (exact) mass is 322 g/mol. The highest BCUT2D eigenvalue weighted by atomic mass is 32.2. The Hall–Kier alpha value is -1.87. The van der Waals surface area contributed by atoms with Gasteiger partial charge in [-0.1, -0.05) is 13.8 Å². The predicted molar refractivity (Wildman–Crippen MR) is 80.4 cm³/mol. The van der Waals surface area contributed by atoms with Crippen molar-refractivity contribution in [3.05, 3.63) is 24.2 Å². The number of nitrogens with two attached hydrogens (primary N) is 1. The molecule has 0 saturated heterocycles. The Labute approximate surface area is 129 Å². The number of furan rings is 1. The van der Waals surface area contributed by atoms with Gasteiger partial charge in [-0.05, 0) is 41.3 Å². The maximum atomic E-state index is 6.00. The first-order chi connectivity index (χ1) is 10.1. The lowest BCUT2D eigenvalue weighted by Crippen LogP contribution is -2.11. The maximum Gasteiger partial charge on any atom is 0.218 e. The zero-order valence-electron chi connectivity index (χ0n) is 11.6. The molecule has 3 aromatic rings. The van der Waals surface area contributed by atoms with Crippen LogP contribution in [-0.2, 0) is 6.42 Å².